The maximum Gasteiger partial charge on any atom is 0.320 e. The van der Waals surface area contributed by atoms with Crippen LogP contribution >= 0.6 is 0 Å². The van der Waals surface area contributed by atoms with Gasteiger partial charge in [-0.2, -0.15) is 5.10 Å². The lowest BCUT2D eigenvalue weighted by molar-refractivity contribution is -0.385. The van der Waals surface area contributed by atoms with Crippen molar-refractivity contribution in [1.29, 1.82) is 0 Å². The lowest BCUT2D eigenvalue weighted by Gasteiger charge is -2.27. The van der Waals surface area contributed by atoms with Gasteiger partial charge in [-0.25, -0.2) is 0 Å². The standard InChI is InChI=1S/C17H22N4O4/c1-3-12-8-9-15(25-12)13-7-5-4-6-10-20(13)17(22)16-14(21(23)24)11-19(2)18-16/h8-9,11,13H,3-7,10H2,1-2H3/t13-/m0/s1. The third kappa shape index (κ3) is 3.42. The summed E-state index contributed by atoms with van der Waals surface area (Å²) in [5.74, 6) is 1.20. The topological polar surface area (TPSA) is 94.4 Å². The second kappa shape index (κ2) is 7.08. The Labute approximate surface area is 145 Å². The maximum absolute atomic E-state index is 13.1. The van der Waals surface area contributed by atoms with E-state index >= 15 is 0 Å². The Morgan fingerprint density at radius 3 is 2.88 bits per heavy atom. The van der Waals surface area contributed by atoms with Gasteiger partial charge in [-0.05, 0) is 25.0 Å². The van der Waals surface area contributed by atoms with Gasteiger partial charge in [-0.15, -0.1) is 0 Å². The average Bonchev–Trinajstić information content (AvgIpc) is 3.14. The fraction of sp³-hybridized carbons (Fsp3) is 0.529. The molecule has 1 aliphatic heterocycles. The summed E-state index contributed by atoms with van der Waals surface area (Å²) in [4.78, 5) is 25.4. The minimum Gasteiger partial charge on any atom is -0.464 e. The molecule has 134 valence electrons. The van der Waals surface area contributed by atoms with E-state index in [0.29, 0.717) is 6.54 Å². The first-order valence-electron chi connectivity index (χ1n) is 8.59. The summed E-state index contributed by atoms with van der Waals surface area (Å²) in [6.07, 6.45) is 5.70. The van der Waals surface area contributed by atoms with Gasteiger partial charge >= 0.3 is 5.69 Å². The van der Waals surface area contributed by atoms with E-state index in [1.165, 1.54) is 10.9 Å². The molecule has 0 unspecified atom stereocenters. The van der Waals surface area contributed by atoms with Gasteiger partial charge in [0.05, 0.1) is 11.0 Å². The van der Waals surface area contributed by atoms with E-state index in [1.54, 1.807) is 11.9 Å². The van der Waals surface area contributed by atoms with Crippen molar-refractivity contribution in [3.05, 3.63) is 45.7 Å². The zero-order chi connectivity index (χ0) is 18.0. The van der Waals surface area contributed by atoms with Crippen molar-refractivity contribution >= 4 is 11.6 Å². The number of hydrogen-bond donors (Lipinski definition) is 0. The Bertz CT molecular complexity index is 779. The van der Waals surface area contributed by atoms with Gasteiger partial charge in [0, 0.05) is 20.0 Å². The number of nitrogens with zero attached hydrogens (tertiary/aromatic N) is 4. The van der Waals surface area contributed by atoms with Gasteiger partial charge < -0.3 is 9.32 Å². The van der Waals surface area contributed by atoms with Gasteiger partial charge in [0.25, 0.3) is 5.91 Å². The van der Waals surface area contributed by atoms with Crippen molar-refractivity contribution in [1.82, 2.24) is 14.7 Å². The number of amides is 1. The molecular weight excluding hydrogens is 324 g/mol. The normalized spacial score (nSPS) is 18.2. The van der Waals surface area contributed by atoms with E-state index in [9.17, 15) is 14.9 Å². The quantitative estimate of drug-likeness (QED) is 0.625. The minimum absolute atomic E-state index is 0.110. The molecule has 1 fully saturated rings. The number of furan rings is 1. The highest BCUT2D eigenvalue weighted by molar-refractivity contribution is 5.96. The van der Waals surface area contributed by atoms with Crippen molar-refractivity contribution < 1.29 is 14.1 Å². The molecule has 2 aromatic rings. The van der Waals surface area contributed by atoms with Crippen LogP contribution in [0.4, 0.5) is 5.69 Å². The van der Waals surface area contributed by atoms with E-state index in [0.717, 1.165) is 43.6 Å². The van der Waals surface area contributed by atoms with E-state index in [-0.39, 0.29) is 17.4 Å². The smallest absolute Gasteiger partial charge is 0.320 e. The molecule has 25 heavy (non-hydrogen) atoms. The van der Waals surface area contributed by atoms with Crippen LogP contribution in [0.25, 0.3) is 0 Å². The molecule has 8 heteroatoms. The van der Waals surface area contributed by atoms with Crippen LogP contribution in [0.15, 0.2) is 22.7 Å². The molecule has 0 spiro atoms. The molecule has 0 bridgehead atoms. The first-order valence-corrected chi connectivity index (χ1v) is 8.59. The first-order chi connectivity index (χ1) is 12.0. The number of nitro groups is 1. The van der Waals surface area contributed by atoms with Gasteiger partial charge in [-0.3, -0.25) is 19.6 Å². The largest absolute Gasteiger partial charge is 0.464 e. The molecule has 1 aliphatic rings. The SMILES string of the molecule is CCc1ccc([C@@H]2CCCCCN2C(=O)c2nn(C)cc2[N+](=O)[O-])o1. The van der Waals surface area contributed by atoms with Gasteiger partial charge in [0.1, 0.15) is 17.7 Å². The Hall–Kier alpha value is -2.64. The highest BCUT2D eigenvalue weighted by Crippen LogP contribution is 2.33. The van der Waals surface area contributed by atoms with Crippen molar-refractivity contribution in [2.24, 2.45) is 7.05 Å². The summed E-state index contributed by atoms with van der Waals surface area (Å²) < 4.78 is 7.18. The molecule has 1 atom stereocenters. The molecule has 3 rings (SSSR count). The monoisotopic (exact) mass is 346 g/mol. The second-order valence-electron chi connectivity index (χ2n) is 6.32. The molecular formula is C17H22N4O4. The number of hydrogen-bond acceptors (Lipinski definition) is 5. The van der Waals surface area contributed by atoms with E-state index in [2.05, 4.69) is 5.10 Å². The molecule has 1 saturated heterocycles. The third-order valence-corrected chi connectivity index (χ3v) is 4.58. The maximum atomic E-state index is 13.1. The average molecular weight is 346 g/mol. The molecule has 0 saturated carbocycles. The lowest BCUT2D eigenvalue weighted by atomic mass is 10.1. The van der Waals surface area contributed by atoms with Crippen LogP contribution in [0.2, 0.25) is 0 Å². The summed E-state index contributed by atoms with van der Waals surface area (Å²) in [5, 5.41) is 15.3. The predicted molar refractivity (Wildman–Crippen MR) is 90.2 cm³/mol. The summed E-state index contributed by atoms with van der Waals surface area (Å²) in [6, 6.07) is 3.62. The van der Waals surface area contributed by atoms with Crippen molar-refractivity contribution in [2.75, 3.05) is 6.54 Å². The molecule has 0 aromatic carbocycles. The van der Waals surface area contributed by atoms with Gasteiger partial charge in [-0.1, -0.05) is 19.8 Å². The van der Waals surface area contributed by atoms with Crippen LogP contribution in [0, 0.1) is 10.1 Å². The number of aryl methyl sites for hydroxylation is 2. The van der Waals surface area contributed by atoms with Crippen LogP contribution in [0.5, 0.6) is 0 Å². The van der Waals surface area contributed by atoms with Crippen molar-refractivity contribution in [3.8, 4) is 0 Å². The van der Waals surface area contributed by atoms with Crippen LogP contribution in [-0.2, 0) is 13.5 Å². The fourth-order valence-electron chi connectivity index (χ4n) is 3.31. The first kappa shape index (κ1) is 17.2. The number of carbonyl (C=O) groups is 1. The fourth-order valence-corrected chi connectivity index (χ4v) is 3.31. The number of aromatic nitrogens is 2. The lowest BCUT2D eigenvalue weighted by Crippen LogP contribution is -2.35. The van der Waals surface area contributed by atoms with Crippen LogP contribution < -0.4 is 0 Å². The summed E-state index contributed by atoms with van der Waals surface area (Å²) in [6.45, 7) is 2.55. The third-order valence-electron chi connectivity index (χ3n) is 4.58. The summed E-state index contributed by atoms with van der Waals surface area (Å²) >= 11 is 0. The highest BCUT2D eigenvalue weighted by Gasteiger charge is 2.35. The minimum atomic E-state index is -0.560. The number of carbonyl (C=O) groups excluding carboxylic acids is 1. The Kier molecular flexibility index (Phi) is 4.87. The summed E-state index contributed by atoms with van der Waals surface area (Å²) in [7, 11) is 1.57. The van der Waals surface area contributed by atoms with E-state index in [4.69, 9.17) is 4.42 Å². The Morgan fingerprint density at radius 2 is 2.20 bits per heavy atom. The molecule has 0 N–H and O–H groups in total. The molecule has 0 aliphatic carbocycles. The van der Waals surface area contributed by atoms with Crippen LogP contribution in [0.3, 0.4) is 0 Å². The number of rotatable bonds is 4. The summed E-state index contributed by atoms with van der Waals surface area (Å²) in [5.41, 5.74) is -0.370. The zero-order valence-electron chi connectivity index (χ0n) is 14.5. The van der Waals surface area contributed by atoms with E-state index in [1.807, 2.05) is 19.1 Å². The number of likely N-dealkylation sites (tertiary alicyclic amines) is 1. The van der Waals surface area contributed by atoms with Crippen molar-refractivity contribution in [3.63, 3.8) is 0 Å². The Balaban J connectivity index is 1.96. The van der Waals surface area contributed by atoms with Crippen LogP contribution in [-0.4, -0.2) is 32.1 Å². The van der Waals surface area contributed by atoms with Gasteiger partial charge in [0.15, 0.2) is 0 Å². The predicted octanol–water partition coefficient (Wildman–Crippen LogP) is 3.24. The molecule has 1 amide bonds. The zero-order valence-corrected chi connectivity index (χ0v) is 14.5. The molecule has 3 heterocycles. The van der Waals surface area contributed by atoms with Crippen LogP contribution in [0.1, 0.15) is 60.7 Å². The molecule has 8 nitrogen and oxygen atoms in total. The molecule has 0 radical (unpaired) electrons. The Morgan fingerprint density at radius 1 is 1.40 bits per heavy atom. The van der Waals surface area contributed by atoms with Gasteiger partial charge in [0.2, 0.25) is 5.69 Å². The highest BCUT2D eigenvalue weighted by atomic mass is 16.6. The van der Waals surface area contributed by atoms with Crippen molar-refractivity contribution in [2.45, 2.75) is 45.1 Å². The van der Waals surface area contributed by atoms with E-state index < -0.39 is 10.8 Å². The molecule has 2 aromatic heterocycles. The second-order valence-corrected chi connectivity index (χ2v) is 6.32.